The highest BCUT2D eigenvalue weighted by Crippen LogP contribution is 2.28. The van der Waals surface area contributed by atoms with Crippen LogP contribution in [0.3, 0.4) is 0 Å². The maximum absolute atomic E-state index is 12.2. The first kappa shape index (κ1) is 13.1. The summed E-state index contributed by atoms with van der Waals surface area (Å²) in [5.41, 5.74) is 0.897. The largest absolute Gasteiger partial charge is 0.368 e. The van der Waals surface area contributed by atoms with Crippen LogP contribution in [-0.4, -0.2) is 40.8 Å². The Hall–Kier alpha value is -1.86. The fourth-order valence-corrected chi connectivity index (χ4v) is 2.84. The van der Waals surface area contributed by atoms with Crippen LogP contribution in [0.1, 0.15) is 12.8 Å². The summed E-state index contributed by atoms with van der Waals surface area (Å²) >= 11 is 1.37. The predicted octanol–water partition coefficient (Wildman–Crippen LogP) is 1.74. The molecular weight excluding hydrogens is 276 g/mol. The summed E-state index contributed by atoms with van der Waals surface area (Å²) in [5, 5.41) is 9.51. The van der Waals surface area contributed by atoms with Gasteiger partial charge in [-0.25, -0.2) is 0 Å². The molecule has 3 heterocycles. The van der Waals surface area contributed by atoms with E-state index in [4.69, 9.17) is 4.74 Å². The fourth-order valence-electron chi connectivity index (χ4n) is 2.04. The van der Waals surface area contributed by atoms with Gasteiger partial charge in [-0.1, -0.05) is 11.3 Å². The first-order chi connectivity index (χ1) is 9.75. The van der Waals surface area contributed by atoms with E-state index < -0.39 is 0 Å². The third kappa shape index (κ3) is 2.54. The molecule has 3 rings (SSSR count). The van der Waals surface area contributed by atoms with Crippen LogP contribution < -0.4 is 4.90 Å². The van der Waals surface area contributed by atoms with Crippen LogP contribution in [-0.2, 0) is 9.53 Å². The molecule has 0 saturated carbocycles. The van der Waals surface area contributed by atoms with E-state index in [0.717, 1.165) is 23.4 Å². The maximum Gasteiger partial charge on any atom is 0.257 e. The highest BCUT2D eigenvalue weighted by molar-refractivity contribution is 7.18. The van der Waals surface area contributed by atoms with E-state index in [2.05, 4.69) is 15.2 Å². The number of nitrogens with zero attached hydrogens (tertiary/aromatic N) is 4. The van der Waals surface area contributed by atoms with Crippen molar-refractivity contribution in [2.75, 3.05) is 18.6 Å². The van der Waals surface area contributed by atoms with Crippen molar-refractivity contribution in [2.24, 2.45) is 0 Å². The number of amides is 1. The smallest absolute Gasteiger partial charge is 0.257 e. The highest BCUT2D eigenvalue weighted by atomic mass is 32.1. The Morgan fingerprint density at radius 2 is 2.40 bits per heavy atom. The normalized spacial score (nSPS) is 18.1. The molecule has 2 aromatic heterocycles. The Labute approximate surface area is 120 Å². The zero-order chi connectivity index (χ0) is 13.9. The lowest BCUT2D eigenvalue weighted by molar-refractivity contribution is -0.127. The third-order valence-corrected chi connectivity index (χ3v) is 4.19. The maximum atomic E-state index is 12.2. The second-order valence-electron chi connectivity index (χ2n) is 4.53. The minimum atomic E-state index is -0.342. The van der Waals surface area contributed by atoms with Crippen molar-refractivity contribution in [3.05, 3.63) is 24.5 Å². The average Bonchev–Trinajstić information content (AvgIpc) is 3.18. The number of ether oxygens (including phenoxy) is 1. The molecule has 104 valence electrons. The van der Waals surface area contributed by atoms with Gasteiger partial charge in [0.15, 0.2) is 5.01 Å². The van der Waals surface area contributed by atoms with Gasteiger partial charge in [0, 0.05) is 31.6 Å². The molecule has 1 atom stereocenters. The van der Waals surface area contributed by atoms with Crippen LogP contribution in [0.15, 0.2) is 24.5 Å². The number of pyridine rings is 1. The van der Waals surface area contributed by atoms with E-state index in [-0.39, 0.29) is 12.0 Å². The van der Waals surface area contributed by atoms with Crippen LogP contribution in [0.4, 0.5) is 5.13 Å². The average molecular weight is 290 g/mol. The topological polar surface area (TPSA) is 68.2 Å². The molecule has 1 amide bonds. The lowest BCUT2D eigenvalue weighted by Gasteiger charge is -2.16. The van der Waals surface area contributed by atoms with Gasteiger partial charge in [0.05, 0.1) is 0 Å². The van der Waals surface area contributed by atoms with Gasteiger partial charge >= 0.3 is 0 Å². The van der Waals surface area contributed by atoms with Crippen LogP contribution >= 0.6 is 11.3 Å². The first-order valence-electron chi connectivity index (χ1n) is 6.39. The number of aromatic nitrogens is 3. The number of hydrogen-bond donors (Lipinski definition) is 0. The van der Waals surface area contributed by atoms with E-state index in [0.29, 0.717) is 11.7 Å². The zero-order valence-electron chi connectivity index (χ0n) is 11.0. The number of rotatable bonds is 3. The molecule has 20 heavy (non-hydrogen) atoms. The first-order valence-corrected chi connectivity index (χ1v) is 7.20. The van der Waals surface area contributed by atoms with Crippen molar-refractivity contribution in [1.82, 2.24) is 15.2 Å². The second-order valence-corrected chi connectivity index (χ2v) is 5.49. The Kier molecular flexibility index (Phi) is 3.70. The molecule has 6 nitrogen and oxygen atoms in total. The molecule has 7 heteroatoms. The zero-order valence-corrected chi connectivity index (χ0v) is 11.8. The van der Waals surface area contributed by atoms with Gasteiger partial charge in [-0.15, -0.1) is 10.2 Å². The molecule has 0 radical (unpaired) electrons. The van der Waals surface area contributed by atoms with Crippen molar-refractivity contribution in [3.8, 4) is 10.6 Å². The van der Waals surface area contributed by atoms with Gasteiger partial charge in [-0.2, -0.15) is 0 Å². The van der Waals surface area contributed by atoms with Crippen molar-refractivity contribution in [1.29, 1.82) is 0 Å². The van der Waals surface area contributed by atoms with Crippen LogP contribution in [0, 0.1) is 0 Å². The predicted molar refractivity (Wildman–Crippen MR) is 75.5 cm³/mol. The summed E-state index contributed by atoms with van der Waals surface area (Å²) in [5.74, 6) is -0.0589. The highest BCUT2D eigenvalue weighted by Gasteiger charge is 2.28. The monoisotopic (exact) mass is 290 g/mol. The van der Waals surface area contributed by atoms with E-state index in [1.807, 2.05) is 12.1 Å². The van der Waals surface area contributed by atoms with E-state index >= 15 is 0 Å². The fraction of sp³-hybridized carbons (Fsp3) is 0.385. The van der Waals surface area contributed by atoms with Crippen molar-refractivity contribution in [2.45, 2.75) is 18.9 Å². The molecule has 0 N–H and O–H groups in total. The van der Waals surface area contributed by atoms with Crippen LogP contribution in [0.25, 0.3) is 10.6 Å². The molecule has 0 bridgehead atoms. The summed E-state index contributed by atoms with van der Waals surface area (Å²) in [4.78, 5) is 17.8. The van der Waals surface area contributed by atoms with Crippen molar-refractivity contribution >= 4 is 22.4 Å². The Morgan fingerprint density at radius 3 is 3.10 bits per heavy atom. The summed E-state index contributed by atoms with van der Waals surface area (Å²) in [6.07, 6.45) is 4.80. The van der Waals surface area contributed by atoms with Gasteiger partial charge in [0.2, 0.25) is 5.13 Å². The molecule has 1 aliphatic heterocycles. The van der Waals surface area contributed by atoms with Crippen LogP contribution in [0.5, 0.6) is 0 Å². The number of anilines is 1. The summed E-state index contributed by atoms with van der Waals surface area (Å²) in [6, 6.07) is 3.76. The van der Waals surface area contributed by atoms with Crippen molar-refractivity contribution in [3.63, 3.8) is 0 Å². The molecule has 1 fully saturated rings. The second kappa shape index (κ2) is 5.64. The molecule has 0 spiro atoms. The molecule has 0 aromatic carbocycles. The minimum absolute atomic E-state index is 0.0589. The number of likely N-dealkylation sites (N-methyl/N-ethyl adjacent to an activating group) is 1. The number of hydrogen-bond acceptors (Lipinski definition) is 6. The van der Waals surface area contributed by atoms with Gasteiger partial charge in [-0.3, -0.25) is 14.7 Å². The standard InChI is InChI=1S/C13H14N4O2S/c1-17(12(18)10-5-3-7-19-10)13-16-15-11(20-13)9-4-2-6-14-8-9/h2,4,6,8,10H,3,5,7H2,1H3. The number of carbonyl (C=O) groups excluding carboxylic acids is 1. The molecule has 1 aliphatic rings. The summed E-state index contributed by atoms with van der Waals surface area (Å²) in [6.45, 7) is 0.654. The van der Waals surface area contributed by atoms with E-state index in [1.165, 1.54) is 16.2 Å². The Balaban J connectivity index is 1.77. The number of carbonyl (C=O) groups is 1. The van der Waals surface area contributed by atoms with E-state index in [1.54, 1.807) is 19.4 Å². The van der Waals surface area contributed by atoms with Gasteiger partial charge in [-0.05, 0) is 25.0 Å². The summed E-state index contributed by atoms with van der Waals surface area (Å²) < 4.78 is 5.40. The molecule has 1 saturated heterocycles. The van der Waals surface area contributed by atoms with E-state index in [9.17, 15) is 4.79 Å². The van der Waals surface area contributed by atoms with Gasteiger partial charge in [0.25, 0.3) is 5.91 Å². The van der Waals surface area contributed by atoms with Gasteiger partial charge < -0.3 is 4.74 Å². The SMILES string of the molecule is CN(C(=O)C1CCCO1)c1nnc(-c2cccnc2)s1. The van der Waals surface area contributed by atoms with Crippen LogP contribution in [0.2, 0.25) is 0 Å². The molecule has 1 unspecified atom stereocenters. The van der Waals surface area contributed by atoms with Crippen molar-refractivity contribution < 1.29 is 9.53 Å². The molecule has 2 aromatic rings. The van der Waals surface area contributed by atoms with Gasteiger partial charge in [0.1, 0.15) is 6.10 Å². The third-order valence-electron chi connectivity index (χ3n) is 3.15. The molecular formula is C13H14N4O2S. The summed E-state index contributed by atoms with van der Waals surface area (Å²) in [7, 11) is 1.71. The quantitative estimate of drug-likeness (QED) is 0.861. The minimum Gasteiger partial charge on any atom is -0.368 e. The lowest BCUT2D eigenvalue weighted by atomic mass is 10.2. The Morgan fingerprint density at radius 1 is 1.50 bits per heavy atom. The molecule has 0 aliphatic carbocycles. The Bertz CT molecular complexity index is 595. The lowest BCUT2D eigenvalue weighted by Crippen LogP contribution is -2.35.